The van der Waals surface area contributed by atoms with Crippen LogP contribution in [0.15, 0.2) is 10.9 Å². The van der Waals surface area contributed by atoms with Crippen molar-refractivity contribution in [2.75, 3.05) is 44.8 Å². The van der Waals surface area contributed by atoms with Crippen molar-refractivity contribution in [3.63, 3.8) is 0 Å². The number of aromatic nitrogens is 1. The molecule has 0 N–H and O–H groups in total. The molecule has 2 atom stereocenters. The molecule has 2 aliphatic heterocycles. The van der Waals surface area contributed by atoms with E-state index in [0.29, 0.717) is 38.5 Å². The predicted molar refractivity (Wildman–Crippen MR) is 92.2 cm³/mol. The van der Waals surface area contributed by atoms with E-state index < -0.39 is 9.84 Å². The molecule has 0 bridgehead atoms. The minimum absolute atomic E-state index is 0.0141. The van der Waals surface area contributed by atoms with E-state index in [1.807, 2.05) is 0 Å². The minimum atomic E-state index is -3.16. The second kappa shape index (κ2) is 7.38. The normalized spacial score (nSPS) is 24.0. The van der Waals surface area contributed by atoms with E-state index in [4.69, 9.17) is 4.74 Å². The number of fused-ring (bicyclic) bond motifs is 1. The largest absolute Gasteiger partial charge is 0.374 e. The first-order chi connectivity index (χ1) is 11.8. The standard InChI is InChI=1S/C15H21N3O5S2/c1-25(21,22)5-2-14(19)18-7-11-6-17(3-4-23-13(11)8-18)15(20)12-9-24-10-16-12/h9-11,13H,2-8H2,1H3/t11-,13+/m0/s1. The molecule has 1 aromatic heterocycles. The van der Waals surface area contributed by atoms with E-state index in [0.717, 1.165) is 6.26 Å². The smallest absolute Gasteiger partial charge is 0.273 e. The zero-order valence-electron chi connectivity index (χ0n) is 14.0. The summed E-state index contributed by atoms with van der Waals surface area (Å²) in [5, 5.41) is 1.72. The summed E-state index contributed by atoms with van der Waals surface area (Å²) in [5.74, 6) is -0.411. The van der Waals surface area contributed by atoms with Gasteiger partial charge in [0.15, 0.2) is 0 Å². The van der Waals surface area contributed by atoms with Crippen molar-refractivity contribution in [1.82, 2.24) is 14.8 Å². The van der Waals surface area contributed by atoms with Crippen LogP contribution in [0.2, 0.25) is 0 Å². The lowest BCUT2D eigenvalue weighted by molar-refractivity contribution is -0.130. The zero-order valence-corrected chi connectivity index (χ0v) is 15.6. The monoisotopic (exact) mass is 387 g/mol. The summed E-state index contributed by atoms with van der Waals surface area (Å²) in [5.41, 5.74) is 2.06. The van der Waals surface area contributed by atoms with Gasteiger partial charge in [0, 0.05) is 50.2 Å². The van der Waals surface area contributed by atoms with Gasteiger partial charge in [0.1, 0.15) is 15.5 Å². The molecule has 2 saturated heterocycles. The molecule has 3 rings (SSSR count). The first kappa shape index (κ1) is 18.3. The Kier molecular flexibility index (Phi) is 5.40. The number of sulfone groups is 1. The highest BCUT2D eigenvalue weighted by Gasteiger charge is 2.39. The molecule has 1 aromatic rings. The van der Waals surface area contributed by atoms with Crippen molar-refractivity contribution in [3.05, 3.63) is 16.6 Å². The van der Waals surface area contributed by atoms with E-state index in [1.165, 1.54) is 11.3 Å². The fraction of sp³-hybridized carbons (Fsp3) is 0.667. The van der Waals surface area contributed by atoms with E-state index in [-0.39, 0.29) is 36.0 Å². The molecule has 0 saturated carbocycles. The SMILES string of the molecule is CS(=O)(=O)CCC(=O)N1C[C@@H]2CN(C(=O)c3cscn3)CCO[C@@H]2C1. The Bertz CT molecular complexity index is 734. The Hall–Kier alpha value is -1.52. The number of hydrogen-bond acceptors (Lipinski definition) is 7. The van der Waals surface area contributed by atoms with Gasteiger partial charge >= 0.3 is 0 Å². The van der Waals surface area contributed by atoms with Gasteiger partial charge in [-0.15, -0.1) is 11.3 Å². The van der Waals surface area contributed by atoms with Gasteiger partial charge in [-0.05, 0) is 0 Å². The Morgan fingerprint density at radius 1 is 1.32 bits per heavy atom. The molecular weight excluding hydrogens is 366 g/mol. The quantitative estimate of drug-likeness (QED) is 0.714. The topological polar surface area (TPSA) is 96.9 Å². The molecule has 0 radical (unpaired) electrons. The van der Waals surface area contributed by atoms with Crippen LogP contribution in [0.3, 0.4) is 0 Å². The Balaban J connectivity index is 1.61. The molecule has 10 heteroatoms. The van der Waals surface area contributed by atoms with Crippen molar-refractivity contribution < 1.29 is 22.7 Å². The lowest BCUT2D eigenvalue weighted by Gasteiger charge is -2.23. The van der Waals surface area contributed by atoms with Crippen molar-refractivity contribution in [3.8, 4) is 0 Å². The maximum Gasteiger partial charge on any atom is 0.273 e. The highest BCUT2D eigenvalue weighted by Crippen LogP contribution is 2.25. The molecule has 2 fully saturated rings. The number of thiazole rings is 1. The van der Waals surface area contributed by atoms with Gasteiger partial charge in [0.05, 0.1) is 24.0 Å². The molecular formula is C15H21N3O5S2. The van der Waals surface area contributed by atoms with Crippen LogP contribution in [0.1, 0.15) is 16.9 Å². The molecule has 2 amide bonds. The third kappa shape index (κ3) is 4.56. The average Bonchev–Trinajstić information content (AvgIpc) is 3.17. The summed E-state index contributed by atoms with van der Waals surface area (Å²) in [6.45, 7) is 2.37. The summed E-state index contributed by atoms with van der Waals surface area (Å²) in [4.78, 5) is 32.2. The van der Waals surface area contributed by atoms with Crippen LogP contribution in [-0.4, -0.2) is 85.9 Å². The zero-order chi connectivity index (χ0) is 18.0. The lowest BCUT2D eigenvalue weighted by Crippen LogP contribution is -2.38. The molecule has 138 valence electrons. The van der Waals surface area contributed by atoms with Gasteiger partial charge in [0.25, 0.3) is 5.91 Å². The van der Waals surface area contributed by atoms with Gasteiger partial charge in [0.2, 0.25) is 5.91 Å². The van der Waals surface area contributed by atoms with Crippen LogP contribution in [0.5, 0.6) is 0 Å². The summed E-state index contributed by atoms with van der Waals surface area (Å²) in [6, 6.07) is 0. The second-order valence-electron chi connectivity index (χ2n) is 6.47. The molecule has 0 aliphatic carbocycles. The molecule has 0 spiro atoms. The van der Waals surface area contributed by atoms with Gasteiger partial charge in [-0.25, -0.2) is 13.4 Å². The number of hydrogen-bond donors (Lipinski definition) is 0. The molecule has 2 aliphatic rings. The fourth-order valence-electron chi connectivity index (χ4n) is 3.19. The summed E-state index contributed by atoms with van der Waals surface area (Å²) >= 11 is 1.38. The van der Waals surface area contributed by atoms with E-state index >= 15 is 0 Å². The molecule has 8 nitrogen and oxygen atoms in total. The fourth-order valence-corrected chi connectivity index (χ4v) is 4.26. The van der Waals surface area contributed by atoms with E-state index in [1.54, 1.807) is 20.7 Å². The van der Waals surface area contributed by atoms with Crippen LogP contribution in [0.4, 0.5) is 0 Å². The van der Waals surface area contributed by atoms with Crippen LogP contribution in [-0.2, 0) is 19.4 Å². The predicted octanol–water partition coefficient (Wildman–Crippen LogP) is -0.123. The summed E-state index contributed by atoms with van der Waals surface area (Å²) in [7, 11) is -3.16. The van der Waals surface area contributed by atoms with Crippen molar-refractivity contribution in [1.29, 1.82) is 0 Å². The number of ether oxygens (including phenoxy) is 1. The lowest BCUT2D eigenvalue weighted by atomic mass is 10.1. The summed E-state index contributed by atoms with van der Waals surface area (Å²) < 4.78 is 28.3. The Morgan fingerprint density at radius 3 is 2.76 bits per heavy atom. The number of rotatable bonds is 4. The minimum Gasteiger partial charge on any atom is -0.374 e. The van der Waals surface area contributed by atoms with Crippen LogP contribution < -0.4 is 0 Å². The number of amides is 2. The third-order valence-electron chi connectivity index (χ3n) is 4.51. The van der Waals surface area contributed by atoms with E-state index in [9.17, 15) is 18.0 Å². The van der Waals surface area contributed by atoms with Gasteiger partial charge in [-0.1, -0.05) is 0 Å². The maximum absolute atomic E-state index is 12.5. The molecule has 0 aromatic carbocycles. The molecule has 0 unspecified atom stereocenters. The second-order valence-corrected chi connectivity index (χ2v) is 9.45. The number of carbonyl (C=O) groups excluding carboxylic acids is 2. The molecule has 3 heterocycles. The Morgan fingerprint density at radius 2 is 2.08 bits per heavy atom. The maximum atomic E-state index is 12.5. The summed E-state index contributed by atoms with van der Waals surface area (Å²) in [6.07, 6.45) is 0.995. The molecule has 25 heavy (non-hydrogen) atoms. The Labute approximate surface area is 150 Å². The number of carbonyl (C=O) groups is 2. The van der Waals surface area contributed by atoms with Crippen molar-refractivity contribution in [2.24, 2.45) is 5.92 Å². The van der Waals surface area contributed by atoms with Crippen LogP contribution in [0, 0.1) is 5.92 Å². The average molecular weight is 387 g/mol. The van der Waals surface area contributed by atoms with Crippen LogP contribution in [0.25, 0.3) is 0 Å². The van der Waals surface area contributed by atoms with Crippen LogP contribution >= 0.6 is 11.3 Å². The van der Waals surface area contributed by atoms with Gasteiger partial charge in [-0.3, -0.25) is 9.59 Å². The number of likely N-dealkylation sites (tertiary alicyclic amines) is 1. The first-order valence-corrected chi connectivity index (χ1v) is 11.1. The van der Waals surface area contributed by atoms with Crippen molar-refractivity contribution in [2.45, 2.75) is 12.5 Å². The number of nitrogens with zero attached hydrogens (tertiary/aromatic N) is 3. The van der Waals surface area contributed by atoms with Crippen molar-refractivity contribution >= 4 is 33.0 Å². The third-order valence-corrected chi connectivity index (χ3v) is 6.04. The first-order valence-electron chi connectivity index (χ1n) is 8.08. The van der Waals surface area contributed by atoms with E-state index in [2.05, 4.69) is 4.98 Å². The highest BCUT2D eigenvalue weighted by molar-refractivity contribution is 7.90. The van der Waals surface area contributed by atoms with Gasteiger partial charge in [-0.2, -0.15) is 0 Å². The van der Waals surface area contributed by atoms with Gasteiger partial charge < -0.3 is 14.5 Å². The highest BCUT2D eigenvalue weighted by atomic mass is 32.2.